The van der Waals surface area contributed by atoms with E-state index in [1.165, 1.54) is 6.92 Å². The third kappa shape index (κ3) is 2.48. The fourth-order valence-electron chi connectivity index (χ4n) is 0.989. The Labute approximate surface area is 78.4 Å². The van der Waals surface area contributed by atoms with E-state index in [1.807, 2.05) is 0 Å². The van der Waals surface area contributed by atoms with E-state index < -0.39 is 18.8 Å². The summed E-state index contributed by atoms with van der Waals surface area (Å²) in [5, 5.41) is 12.3. The Morgan fingerprint density at radius 1 is 1.64 bits per heavy atom. The quantitative estimate of drug-likeness (QED) is 0.794. The SMILES string of the molecule is Cc1nc(C(=O)O)n(CCC(F)F)n1. The summed E-state index contributed by atoms with van der Waals surface area (Å²) >= 11 is 0. The topological polar surface area (TPSA) is 68.0 Å². The molecule has 1 N–H and O–H groups in total. The Bertz CT molecular complexity index is 338. The number of carboxylic acid groups (broad SMARTS) is 1. The maximum atomic E-state index is 11.9. The molecule has 0 saturated carbocycles. The van der Waals surface area contributed by atoms with Crippen LogP contribution in [-0.4, -0.2) is 32.3 Å². The summed E-state index contributed by atoms with van der Waals surface area (Å²) in [6, 6.07) is 0. The van der Waals surface area contributed by atoms with E-state index >= 15 is 0 Å². The summed E-state index contributed by atoms with van der Waals surface area (Å²) < 4.78 is 24.7. The molecule has 0 aromatic carbocycles. The molecule has 1 aromatic rings. The summed E-state index contributed by atoms with van der Waals surface area (Å²) in [5.74, 6) is -1.31. The highest BCUT2D eigenvalue weighted by atomic mass is 19.3. The van der Waals surface area contributed by atoms with Gasteiger partial charge >= 0.3 is 5.97 Å². The van der Waals surface area contributed by atoms with Gasteiger partial charge in [0.05, 0.1) is 0 Å². The van der Waals surface area contributed by atoms with Crippen molar-refractivity contribution in [1.29, 1.82) is 0 Å². The predicted molar refractivity (Wildman–Crippen MR) is 42.3 cm³/mol. The van der Waals surface area contributed by atoms with Crippen molar-refractivity contribution in [3.05, 3.63) is 11.6 Å². The molecular weight excluding hydrogens is 196 g/mol. The Kier molecular flexibility index (Phi) is 3.10. The maximum absolute atomic E-state index is 11.9. The number of carbonyl (C=O) groups is 1. The van der Waals surface area contributed by atoms with Gasteiger partial charge in [0.1, 0.15) is 5.82 Å². The molecule has 0 aliphatic carbocycles. The van der Waals surface area contributed by atoms with E-state index in [2.05, 4.69) is 10.1 Å². The molecule has 0 radical (unpaired) electrons. The predicted octanol–water partition coefficient (Wildman–Crippen LogP) is 0.940. The third-order valence-electron chi connectivity index (χ3n) is 1.53. The van der Waals surface area contributed by atoms with E-state index in [0.29, 0.717) is 0 Å². The summed E-state index contributed by atoms with van der Waals surface area (Å²) in [6.45, 7) is 1.37. The average molecular weight is 205 g/mol. The van der Waals surface area contributed by atoms with Crippen molar-refractivity contribution in [2.24, 2.45) is 0 Å². The van der Waals surface area contributed by atoms with Crippen molar-refractivity contribution in [3.63, 3.8) is 0 Å². The van der Waals surface area contributed by atoms with Crippen LogP contribution in [0.15, 0.2) is 0 Å². The van der Waals surface area contributed by atoms with Gasteiger partial charge in [0.15, 0.2) is 0 Å². The van der Waals surface area contributed by atoms with Crippen molar-refractivity contribution >= 4 is 5.97 Å². The average Bonchev–Trinajstić information content (AvgIpc) is 2.43. The highest BCUT2D eigenvalue weighted by Gasteiger charge is 2.15. The monoisotopic (exact) mass is 205 g/mol. The summed E-state index contributed by atoms with van der Waals surface area (Å²) in [5.41, 5.74) is 0. The number of aryl methyl sites for hydroxylation is 2. The zero-order chi connectivity index (χ0) is 10.7. The van der Waals surface area contributed by atoms with Crippen LogP contribution < -0.4 is 0 Å². The van der Waals surface area contributed by atoms with Crippen LogP contribution in [0.5, 0.6) is 0 Å². The van der Waals surface area contributed by atoms with Gasteiger partial charge in [-0.05, 0) is 6.92 Å². The molecule has 0 saturated heterocycles. The van der Waals surface area contributed by atoms with Crippen LogP contribution in [0, 0.1) is 6.92 Å². The van der Waals surface area contributed by atoms with Gasteiger partial charge in [0, 0.05) is 13.0 Å². The molecule has 0 fully saturated rings. The Balaban J connectivity index is 2.79. The normalized spacial score (nSPS) is 10.9. The molecule has 0 aliphatic rings. The molecule has 1 aromatic heterocycles. The first-order valence-electron chi connectivity index (χ1n) is 3.93. The van der Waals surface area contributed by atoms with E-state index in [1.54, 1.807) is 0 Å². The lowest BCUT2D eigenvalue weighted by atomic mass is 10.4. The van der Waals surface area contributed by atoms with E-state index in [9.17, 15) is 13.6 Å². The lowest BCUT2D eigenvalue weighted by Crippen LogP contribution is -2.12. The van der Waals surface area contributed by atoms with Crippen LogP contribution in [0.3, 0.4) is 0 Å². The first-order valence-corrected chi connectivity index (χ1v) is 3.93. The minimum absolute atomic E-state index is 0.139. The Hall–Kier alpha value is -1.53. The van der Waals surface area contributed by atoms with Crippen LogP contribution in [0.4, 0.5) is 8.78 Å². The first-order chi connectivity index (χ1) is 6.50. The van der Waals surface area contributed by atoms with E-state index in [4.69, 9.17) is 5.11 Å². The standard InChI is InChI=1S/C7H9F2N3O2/c1-4-10-6(7(13)14)12(11-4)3-2-5(8)9/h5H,2-3H2,1H3,(H,13,14). The molecule has 0 aliphatic heterocycles. The van der Waals surface area contributed by atoms with Gasteiger partial charge in [-0.15, -0.1) is 0 Å². The smallest absolute Gasteiger partial charge is 0.373 e. The van der Waals surface area contributed by atoms with Gasteiger partial charge in [-0.2, -0.15) is 5.10 Å². The second kappa shape index (κ2) is 4.12. The van der Waals surface area contributed by atoms with Crippen LogP contribution in [0.25, 0.3) is 0 Å². The second-order valence-electron chi connectivity index (χ2n) is 2.69. The molecule has 0 bridgehead atoms. The molecule has 0 unspecified atom stereocenters. The lowest BCUT2D eigenvalue weighted by Gasteiger charge is -2.01. The number of rotatable bonds is 4. The van der Waals surface area contributed by atoms with Crippen LogP contribution >= 0.6 is 0 Å². The summed E-state index contributed by atoms with van der Waals surface area (Å²) in [6.07, 6.45) is -2.90. The molecule has 0 atom stereocenters. The molecular formula is C7H9F2N3O2. The van der Waals surface area contributed by atoms with Crippen molar-refractivity contribution in [1.82, 2.24) is 14.8 Å². The number of hydrogen-bond acceptors (Lipinski definition) is 3. The van der Waals surface area contributed by atoms with Crippen LogP contribution in [0.1, 0.15) is 22.9 Å². The maximum Gasteiger partial charge on any atom is 0.373 e. The molecule has 0 spiro atoms. The van der Waals surface area contributed by atoms with Crippen LogP contribution in [-0.2, 0) is 6.54 Å². The van der Waals surface area contributed by atoms with Crippen molar-refractivity contribution in [2.45, 2.75) is 26.3 Å². The highest BCUT2D eigenvalue weighted by Crippen LogP contribution is 2.04. The zero-order valence-electron chi connectivity index (χ0n) is 7.44. The van der Waals surface area contributed by atoms with E-state index in [-0.39, 0.29) is 18.2 Å². The summed E-state index contributed by atoms with van der Waals surface area (Å²) in [4.78, 5) is 14.2. The number of halogens is 2. The summed E-state index contributed by atoms with van der Waals surface area (Å²) in [7, 11) is 0. The number of nitrogens with zero attached hydrogens (tertiary/aromatic N) is 3. The van der Waals surface area contributed by atoms with Gasteiger partial charge < -0.3 is 5.11 Å². The lowest BCUT2D eigenvalue weighted by molar-refractivity contribution is 0.0671. The number of aromatic carboxylic acids is 1. The fraction of sp³-hybridized carbons (Fsp3) is 0.571. The van der Waals surface area contributed by atoms with Gasteiger partial charge in [-0.1, -0.05) is 0 Å². The van der Waals surface area contributed by atoms with Crippen molar-refractivity contribution in [3.8, 4) is 0 Å². The van der Waals surface area contributed by atoms with Gasteiger partial charge in [0.2, 0.25) is 12.2 Å². The zero-order valence-corrected chi connectivity index (χ0v) is 7.44. The number of carboxylic acids is 1. The molecule has 14 heavy (non-hydrogen) atoms. The van der Waals surface area contributed by atoms with Crippen molar-refractivity contribution in [2.75, 3.05) is 0 Å². The van der Waals surface area contributed by atoms with Gasteiger partial charge in [0.25, 0.3) is 0 Å². The molecule has 1 heterocycles. The number of hydrogen-bond donors (Lipinski definition) is 1. The van der Waals surface area contributed by atoms with E-state index in [0.717, 1.165) is 4.68 Å². The Morgan fingerprint density at radius 3 is 2.79 bits per heavy atom. The molecule has 78 valence electrons. The fourth-order valence-corrected chi connectivity index (χ4v) is 0.989. The Morgan fingerprint density at radius 2 is 2.29 bits per heavy atom. The molecule has 0 amide bonds. The molecule has 7 heteroatoms. The highest BCUT2D eigenvalue weighted by molar-refractivity contribution is 5.83. The molecule has 5 nitrogen and oxygen atoms in total. The molecule has 1 rings (SSSR count). The van der Waals surface area contributed by atoms with Crippen LogP contribution in [0.2, 0.25) is 0 Å². The minimum atomic E-state index is -2.47. The second-order valence-corrected chi connectivity index (χ2v) is 2.69. The largest absolute Gasteiger partial charge is 0.475 e. The van der Waals surface area contributed by atoms with Gasteiger partial charge in [-0.25, -0.2) is 23.2 Å². The number of alkyl halides is 2. The minimum Gasteiger partial charge on any atom is -0.475 e. The number of aromatic nitrogens is 3. The van der Waals surface area contributed by atoms with Crippen molar-refractivity contribution < 1.29 is 18.7 Å². The third-order valence-corrected chi connectivity index (χ3v) is 1.53. The van der Waals surface area contributed by atoms with Gasteiger partial charge in [-0.3, -0.25) is 0 Å². The first kappa shape index (κ1) is 10.6.